The number of benzene rings is 2. The standard InChI is InChI=1S/C28H35NO5S/c1-21-16-25(9-10-27(21)34-20-28(31)32)35-26-18-23(8-5-12-29-13-14-30)17-24(19-26)33-15-11-22-6-3-2-4-7-22/h9-10,16-19,22,29-30H,2-4,6-7,11-15,20H2,1H3,(H,31,32). The summed E-state index contributed by atoms with van der Waals surface area (Å²) in [4.78, 5) is 12.8. The third kappa shape index (κ3) is 9.85. The Kier molecular flexibility index (Phi) is 11.3. The molecule has 35 heavy (non-hydrogen) atoms. The van der Waals surface area contributed by atoms with E-state index < -0.39 is 5.97 Å². The van der Waals surface area contributed by atoms with Gasteiger partial charge in [-0.2, -0.15) is 0 Å². The maximum atomic E-state index is 10.8. The van der Waals surface area contributed by atoms with E-state index in [0.29, 0.717) is 25.4 Å². The Morgan fingerprint density at radius 3 is 2.69 bits per heavy atom. The SMILES string of the molecule is Cc1cc(Sc2cc(C#CCNCCO)cc(OCCC3CCCCC3)c2)ccc1OCC(=O)O. The fourth-order valence-corrected chi connectivity index (χ4v) is 5.11. The van der Waals surface area contributed by atoms with Crippen LogP contribution >= 0.6 is 11.8 Å². The Morgan fingerprint density at radius 2 is 1.94 bits per heavy atom. The number of hydrogen-bond acceptors (Lipinski definition) is 6. The minimum absolute atomic E-state index is 0.0896. The van der Waals surface area contributed by atoms with Gasteiger partial charge >= 0.3 is 5.97 Å². The molecule has 0 aromatic heterocycles. The van der Waals surface area contributed by atoms with E-state index in [1.54, 1.807) is 17.8 Å². The zero-order valence-corrected chi connectivity index (χ0v) is 21.2. The molecule has 188 valence electrons. The van der Waals surface area contributed by atoms with Gasteiger partial charge in [-0.15, -0.1) is 0 Å². The maximum absolute atomic E-state index is 10.8. The predicted molar refractivity (Wildman–Crippen MR) is 138 cm³/mol. The van der Waals surface area contributed by atoms with Crippen molar-refractivity contribution in [1.82, 2.24) is 5.32 Å². The van der Waals surface area contributed by atoms with E-state index in [9.17, 15) is 4.79 Å². The van der Waals surface area contributed by atoms with E-state index in [1.807, 2.05) is 37.3 Å². The molecule has 7 heteroatoms. The van der Waals surface area contributed by atoms with Crippen LogP contribution in [0.3, 0.4) is 0 Å². The molecule has 1 aliphatic carbocycles. The second-order valence-electron chi connectivity index (χ2n) is 8.75. The molecule has 0 atom stereocenters. The van der Waals surface area contributed by atoms with Crippen LogP contribution in [0.1, 0.15) is 49.7 Å². The summed E-state index contributed by atoms with van der Waals surface area (Å²) in [6, 6.07) is 11.8. The molecule has 2 aromatic rings. The van der Waals surface area contributed by atoms with Crippen molar-refractivity contribution in [2.24, 2.45) is 5.92 Å². The van der Waals surface area contributed by atoms with Crippen LogP contribution in [0.15, 0.2) is 46.2 Å². The summed E-state index contributed by atoms with van der Waals surface area (Å²) < 4.78 is 11.5. The summed E-state index contributed by atoms with van der Waals surface area (Å²) in [5.74, 6) is 7.45. The number of ether oxygens (including phenoxy) is 2. The van der Waals surface area contributed by atoms with E-state index in [0.717, 1.165) is 39.0 Å². The van der Waals surface area contributed by atoms with Crippen molar-refractivity contribution in [3.63, 3.8) is 0 Å². The Morgan fingerprint density at radius 1 is 1.11 bits per heavy atom. The molecule has 1 fully saturated rings. The van der Waals surface area contributed by atoms with Gasteiger partial charge in [0.2, 0.25) is 0 Å². The van der Waals surface area contributed by atoms with Crippen molar-refractivity contribution >= 4 is 17.7 Å². The number of aliphatic hydroxyl groups excluding tert-OH is 1. The lowest BCUT2D eigenvalue weighted by molar-refractivity contribution is -0.139. The van der Waals surface area contributed by atoms with Crippen molar-refractivity contribution in [3.05, 3.63) is 47.5 Å². The van der Waals surface area contributed by atoms with Crippen LogP contribution < -0.4 is 14.8 Å². The summed E-state index contributed by atoms with van der Waals surface area (Å²) in [5.41, 5.74) is 1.76. The van der Waals surface area contributed by atoms with Gasteiger partial charge in [0, 0.05) is 21.9 Å². The normalized spacial score (nSPS) is 13.7. The van der Waals surface area contributed by atoms with Gasteiger partial charge in [-0.25, -0.2) is 4.79 Å². The van der Waals surface area contributed by atoms with Gasteiger partial charge in [-0.05, 0) is 61.2 Å². The molecule has 0 aliphatic heterocycles. The molecule has 3 N–H and O–H groups in total. The smallest absolute Gasteiger partial charge is 0.341 e. The Balaban J connectivity index is 1.70. The van der Waals surface area contributed by atoms with Crippen LogP contribution in [0.5, 0.6) is 11.5 Å². The maximum Gasteiger partial charge on any atom is 0.341 e. The van der Waals surface area contributed by atoms with Crippen LogP contribution in [0, 0.1) is 24.7 Å². The number of aliphatic carboxylic acids is 1. The molecular formula is C28H35NO5S. The first-order chi connectivity index (χ1) is 17.0. The van der Waals surface area contributed by atoms with E-state index in [1.165, 1.54) is 32.1 Å². The van der Waals surface area contributed by atoms with Crippen molar-refractivity contribution < 1.29 is 24.5 Å². The molecule has 0 radical (unpaired) electrons. The van der Waals surface area contributed by atoms with E-state index in [-0.39, 0.29) is 13.2 Å². The molecule has 1 aliphatic rings. The summed E-state index contributed by atoms with van der Waals surface area (Å²) >= 11 is 1.60. The van der Waals surface area contributed by atoms with Gasteiger partial charge in [0.1, 0.15) is 11.5 Å². The minimum Gasteiger partial charge on any atom is -0.494 e. The first kappa shape index (κ1) is 26.9. The average molecular weight is 498 g/mol. The number of aliphatic hydroxyl groups is 1. The summed E-state index contributed by atoms with van der Waals surface area (Å²) in [6.45, 7) is 3.37. The average Bonchev–Trinajstić information content (AvgIpc) is 2.84. The van der Waals surface area contributed by atoms with Crippen LogP contribution in [0.2, 0.25) is 0 Å². The molecule has 0 spiro atoms. The molecule has 6 nitrogen and oxygen atoms in total. The predicted octanol–water partition coefficient (Wildman–Crippen LogP) is 4.89. The number of hydrogen-bond donors (Lipinski definition) is 3. The lowest BCUT2D eigenvalue weighted by atomic mass is 9.87. The number of rotatable bonds is 12. The van der Waals surface area contributed by atoms with Crippen LogP contribution in [-0.2, 0) is 4.79 Å². The largest absolute Gasteiger partial charge is 0.494 e. The van der Waals surface area contributed by atoms with Crippen LogP contribution in [0.25, 0.3) is 0 Å². The van der Waals surface area contributed by atoms with Crippen molar-refractivity contribution in [3.8, 4) is 23.3 Å². The highest BCUT2D eigenvalue weighted by Gasteiger charge is 2.13. The number of aryl methyl sites for hydroxylation is 1. The first-order valence-electron chi connectivity index (χ1n) is 12.2. The monoisotopic (exact) mass is 497 g/mol. The topological polar surface area (TPSA) is 88.0 Å². The molecular weight excluding hydrogens is 462 g/mol. The molecule has 3 rings (SSSR count). The molecule has 0 unspecified atom stereocenters. The Hall–Kier alpha value is -2.66. The van der Waals surface area contributed by atoms with Gasteiger partial charge in [0.05, 0.1) is 19.8 Å². The number of carboxylic acids is 1. The Labute approximate surface area is 212 Å². The fourth-order valence-electron chi connectivity index (χ4n) is 4.10. The van der Waals surface area contributed by atoms with E-state index in [4.69, 9.17) is 19.7 Å². The number of carboxylic acid groups (broad SMARTS) is 1. The number of nitrogens with one attached hydrogen (secondary N) is 1. The van der Waals surface area contributed by atoms with Crippen LogP contribution in [-0.4, -0.2) is 49.1 Å². The van der Waals surface area contributed by atoms with E-state index >= 15 is 0 Å². The third-order valence-corrected chi connectivity index (χ3v) is 6.83. The van der Waals surface area contributed by atoms with Crippen molar-refractivity contribution in [1.29, 1.82) is 0 Å². The highest BCUT2D eigenvalue weighted by molar-refractivity contribution is 7.99. The second-order valence-corrected chi connectivity index (χ2v) is 9.90. The minimum atomic E-state index is -0.997. The van der Waals surface area contributed by atoms with Crippen LogP contribution in [0.4, 0.5) is 0 Å². The van der Waals surface area contributed by atoms with Gasteiger partial charge in [-0.3, -0.25) is 0 Å². The van der Waals surface area contributed by atoms with E-state index in [2.05, 4.69) is 17.2 Å². The first-order valence-corrected chi connectivity index (χ1v) is 13.1. The summed E-state index contributed by atoms with van der Waals surface area (Å²) in [6.07, 6.45) is 7.73. The summed E-state index contributed by atoms with van der Waals surface area (Å²) in [7, 11) is 0. The van der Waals surface area contributed by atoms with Crippen molar-refractivity contribution in [2.45, 2.75) is 55.2 Å². The second kappa shape index (κ2) is 14.7. The quantitative estimate of drug-likeness (QED) is 0.284. The molecule has 1 saturated carbocycles. The van der Waals surface area contributed by atoms with Crippen molar-refractivity contribution in [2.75, 3.05) is 32.9 Å². The third-order valence-electron chi connectivity index (χ3n) is 5.87. The molecule has 0 heterocycles. The fraction of sp³-hybridized carbons (Fsp3) is 0.464. The lowest BCUT2D eigenvalue weighted by Crippen LogP contribution is -2.17. The lowest BCUT2D eigenvalue weighted by Gasteiger charge is -2.21. The highest BCUT2D eigenvalue weighted by atomic mass is 32.2. The molecule has 0 bridgehead atoms. The number of carbonyl (C=O) groups is 1. The zero-order valence-electron chi connectivity index (χ0n) is 20.3. The molecule has 0 amide bonds. The van der Waals surface area contributed by atoms with Gasteiger partial charge in [-0.1, -0.05) is 55.7 Å². The van der Waals surface area contributed by atoms with Gasteiger partial charge < -0.3 is 25.0 Å². The molecule has 0 saturated heterocycles. The van der Waals surface area contributed by atoms with Gasteiger partial charge in [0.25, 0.3) is 0 Å². The zero-order chi connectivity index (χ0) is 24.9. The highest BCUT2D eigenvalue weighted by Crippen LogP contribution is 2.34. The summed E-state index contributed by atoms with van der Waals surface area (Å²) in [5, 5.41) is 20.8. The Bertz CT molecular complexity index is 1020. The molecule has 2 aromatic carbocycles. The van der Waals surface area contributed by atoms with Gasteiger partial charge in [0.15, 0.2) is 6.61 Å².